The van der Waals surface area contributed by atoms with Gasteiger partial charge >= 0.3 is 0 Å². The molecule has 0 spiro atoms. The predicted molar refractivity (Wildman–Crippen MR) is 62.4 cm³/mol. The molecule has 77 valence electrons. The van der Waals surface area contributed by atoms with Crippen LogP contribution in [0, 0.1) is 13.8 Å². The van der Waals surface area contributed by atoms with Crippen molar-refractivity contribution in [3.05, 3.63) is 71.8 Å². The third-order valence-corrected chi connectivity index (χ3v) is 1.88. The summed E-state index contributed by atoms with van der Waals surface area (Å²) in [7, 11) is 0. The maximum atomic E-state index is 2.08. The molecule has 2 aromatic rings. The average Bonchev–Trinajstić information content (AvgIpc) is 2.21. The summed E-state index contributed by atoms with van der Waals surface area (Å²) in [6.07, 6.45) is 0. The van der Waals surface area contributed by atoms with Crippen LogP contribution in [-0.4, -0.2) is 0 Å². The third-order valence-electron chi connectivity index (χ3n) is 1.88. The molecule has 0 atom stereocenters. The zero-order chi connectivity index (χ0) is 10.2. The van der Waals surface area contributed by atoms with E-state index in [4.69, 9.17) is 0 Å². The van der Waals surface area contributed by atoms with E-state index in [1.807, 2.05) is 36.4 Å². The van der Waals surface area contributed by atoms with E-state index in [0.717, 1.165) is 0 Å². The van der Waals surface area contributed by atoms with Gasteiger partial charge in [-0.1, -0.05) is 71.8 Å². The van der Waals surface area contributed by atoms with Crippen molar-refractivity contribution in [3.63, 3.8) is 0 Å². The van der Waals surface area contributed by atoms with Gasteiger partial charge in [-0.15, -0.1) is 0 Å². The standard InChI is InChI=1S/2C7H8.Ta/c2*1-7-5-3-2-4-6-7;/h2*2-6H,1H3;. The molecule has 0 fully saturated rings. The molecule has 1 radical (unpaired) electrons. The Labute approximate surface area is 108 Å². The molecule has 0 nitrogen and oxygen atoms in total. The first-order chi connectivity index (χ1) is 6.79. The Balaban J connectivity index is 0.000000245. The number of hydrogen-bond acceptors (Lipinski definition) is 0. The first-order valence-electron chi connectivity index (χ1n) is 4.82. The van der Waals surface area contributed by atoms with E-state index in [0.29, 0.717) is 0 Å². The van der Waals surface area contributed by atoms with Gasteiger partial charge in [0.25, 0.3) is 0 Å². The van der Waals surface area contributed by atoms with Gasteiger partial charge in [0.15, 0.2) is 0 Å². The Kier molecular flexibility index (Phi) is 8.02. The van der Waals surface area contributed by atoms with Gasteiger partial charge in [-0.3, -0.25) is 0 Å². The van der Waals surface area contributed by atoms with E-state index in [9.17, 15) is 0 Å². The van der Waals surface area contributed by atoms with Gasteiger partial charge in [0.1, 0.15) is 0 Å². The van der Waals surface area contributed by atoms with Crippen molar-refractivity contribution in [2.24, 2.45) is 0 Å². The molecule has 0 amide bonds. The van der Waals surface area contributed by atoms with Crippen LogP contribution in [0.5, 0.6) is 0 Å². The quantitative estimate of drug-likeness (QED) is 0.663. The van der Waals surface area contributed by atoms with Crippen LogP contribution in [0.4, 0.5) is 0 Å². The molecule has 0 aliphatic rings. The second kappa shape index (κ2) is 8.49. The molecule has 0 unspecified atom stereocenters. The van der Waals surface area contributed by atoms with Gasteiger partial charge in [0, 0.05) is 22.4 Å². The van der Waals surface area contributed by atoms with Crippen LogP contribution in [0.25, 0.3) is 0 Å². The predicted octanol–water partition coefficient (Wildman–Crippen LogP) is 3.99. The first-order valence-corrected chi connectivity index (χ1v) is 4.82. The molecule has 0 aliphatic carbocycles. The maximum absolute atomic E-state index is 2.08. The van der Waals surface area contributed by atoms with Crippen LogP contribution in [0.15, 0.2) is 60.7 Å². The summed E-state index contributed by atoms with van der Waals surface area (Å²) >= 11 is 0. The van der Waals surface area contributed by atoms with E-state index in [1.165, 1.54) is 11.1 Å². The smallest absolute Gasteiger partial charge is 0 e. The fraction of sp³-hybridized carbons (Fsp3) is 0.143. The fourth-order valence-electron chi connectivity index (χ4n) is 1.07. The van der Waals surface area contributed by atoms with Gasteiger partial charge in [-0.25, -0.2) is 0 Å². The van der Waals surface area contributed by atoms with Crippen molar-refractivity contribution >= 4 is 0 Å². The van der Waals surface area contributed by atoms with Crippen molar-refractivity contribution in [1.29, 1.82) is 0 Å². The van der Waals surface area contributed by atoms with Crippen LogP contribution in [-0.2, 0) is 22.4 Å². The van der Waals surface area contributed by atoms with Gasteiger partial charge < -0.3 is 0 Å². The van der Waals surface area contributed by atoms with Crippen molar-refractivity contribution < 1.29 is 22.4 Å². The van der Waals surface area contributed by atoms with Crippen molar-refractivity contribution in [1.82, 2.24) is 0 Å². The molecular formula is C14H16Ta. The topological polar surface area (TPSA) is 0 Å². The fourth-order valence-corrected chi connectivity index (χ4v) is 1.07. The number of aryl methyl sites for hydroxylation is 2. The molecule has 0 bridgehead atoms. The van der Waals surface area contributed by atoms with Crippen molar-refractivity contribution in [3.8, 4) is 0 Å². The second-order valence-electron chi connectivity index (χ2n) is 3.31. The minimum atomic E-state index is 0. The van der Waals surface area contributed by atoms with E-state index in [1.54, 1.807) is 0 Å². The van der Waals surface area contributed by atoms with E-state index in [2.05, 4.69) is 38.1 Å². The Morgan fingerprint density at radius 3 is 0.933 bits per heavy atom. The third kappa shape index (κ3) is 7.15. The van der Waals surface area contributed by atoms with E-state index >= 15 is 0 Å². The van der Waals surface area contributed by atoms with Crippen molar-refractivity contribution in [2.45, 2.75) is 13.8 Å². The van der Waals surface area contributed by atoms with Crippen LogP contribution in [0.1, 0.15) is 11.1 Å². The minimum Gasteiger partial charge on any atom is -0.0622 e. The Hall–Kier alpha value is -0.820. The zero-order valence-electron chi connectivity index (χ0n) is 9.22. The monoisotopic (exact) mass is 365 g/mol. The zero-order valence-corrected chi connectivity index (χ0v) is 12.4. The second-order valence-corrected chi connectivity index (χ2v) is 3.31. The molecule has 0 heterocycles. The SMILES string of the molecule is Cc1ccccc1.Cc1ccccc1.[Ta]. The molecule has 15 heavy (non-hydrogen) atoms. The summed E-state index contributed by atoms with van der Waals surface area (Å²) in [5, 5.41) is 0. The van der Waals surface area contributed by atoms with Crippen LogP contribution >= 0.6 is 0 Å². The molecule has 1 heteroatoms. The van der Waals surface area contributed by atoms with E-state index < -0.39 is 0 Å². The minimum absolute atomic E-state index is 0. The van der Waals surface area contributed by atoms with Gasteiger partial charge in [-0.05, 0) is 13.8 Å². The Bertz CT molecular complexity index is 303. The molecule has 0 saturated carbocycles. The van der Waals surface area contributed by atoms with Gasteiger partial charge in [0.05, 0.1) is 0 Å². The van der Waals surface area contributed by atoms with E-state index in [-0.39, 0.29) is 22.4 Å². The molecule has 2 rings (SSSR count). The van der Waals surface area contributed by atoms with Gasteiger partial charge in [-0.2, -0.15) is 0 Å². The Morgan fingerprint density at radius 2 is 0.800 bits per heavy atom. The number of hydrogen-bond donors (Lipinski definition) is 0. The summed E-state index contributed by atoms with van der Waals surface area (Å²) in [5.41, 5.74) is 2.64. The first kappa shape index (κ1) is 14.2. The summed E-state index contributed by atoms with van der Waals surface area (Å²) in [6, 6.07) is 20.5. The molecular weight excluding hydrogens is 349 g/mol. The summed E-state index contributed by atoms with van der Waals surface area (Å²) in [6.45, 7) is 4.17. The Morgan fingerprint density at radius 1 is 0.533 bits per heavy atom. The molecule has 0 aromatic heterocycles. The van der Waals surface area contributed by atoms with Crippen molar-refractivity contribution in [2.75, 3.05) is 0 Å². The molecule has 0 N–H and O–H groups in total. The maximum Gasteiger partial charge on any atom is 0 e. The van der Waals surface area contributed by atoms with Crippen LogP contribution < -0.4 is 0 Å². The normalized spacial score (nSPS) is 8.13. The average molecular weight is 365 g/mol. The van der Waals surface area contributed by atoms with Gasteiger partial charge in [0.2, 0.25) is 0 Å². The van der Waals surface area contributed by atoms with Crippen LogP contribution in [0.3, 0.4) is 0 Å². The number of rotatable bonds is 0. The molecule has 0 saturated heterocycles. The summed E-state index contributed by atoms with van der Waals surface area (Å²) < 4.78 is 0. The summed E-state index contributed by atoms with van der Waals surface area (Å²) in [4.78, 5) is 0. The van der Waals surface area contributed by atoms with Crippen LogP contribution in [0.2, 0.25) is 0 Å². The number of benzene rings is 2. The largest absolute Gasteiger partial charge is 0.0622 e. The molecule has 2 aromatic carbocycles. The molecule has 0 aliphatic heterocycles. The summed E-state index contributed by atoms with van der Waals surface area (Å²) in [5.74, 6) is 0.